The number of fused-ring (bicyclic) bond motifs is 1. The highest BCUT2D eigenvalue weighted by Crippen LogP contribution is 2.42. The molecule has 3 rings (SSSR count). The Bertz CT molecular complexity index is 693. The fourth-order valence-electron chi connectivity index (χ4n) is 2.63. The Morgan fingerprint density at radius 1 is 1.30 bits per heavy atom. The first-order valence-electron chi connectivity index (χ1n) is 6.31. The van der Waals surface area contributed by atoms with Crippen LogP contribution in [0.15, 0.2) is 16.7 Å². The smallest absolute Gasteiger partial charge is 0.374 e. The molecule has 1 aromatic heterocycles. The van der Waals surface area contributed by atoms with Gasteiger partial charge in [-0.15, -0.1) is 0 Å². The number of rotatable bonds is 2. The largest absolute Gasteiger partial charge is 0.506 e. The van der Waals surface area contributed by atoms with Gasteiger partial charge in [-0.25, -0.2) is 4.79 Å². The number of hydrogen-bond donors (Lipinski definition) is 2. The van der Waals surface area contributed by atoms with Gasteiger partial charge in [0.2, 0.25) is 5.76 Å². The molecule has 1 aliphatic rings. The maximum absolute atomic E-state index is 10.9. The predicted octanol–water partition coefficient (Wildman–Crippen LogP) is 3.28. The molecule has 0 spiro atoms. The second kappa shape index (κ2) is 4.83. The molecule has 2 N–H and O–H groups in total. The minimum atomic E-state index is -1.20. The second-order valence-corrected chi connectivity index (χ2v) is 5.22. The van der Waals surface area contributed by atoms with Crippen molar-refractivity contribution in [3.8, 4) is 17.0 Å². The van der Waals surface area contributed by atoms with Crippen LogP contribution in [0.1, 0.15) is 34.5 Å². The normalized spacial score (nSPS) is 14.1. The molecule has 0 radical (unpaired) electrons. The van der Waals surface area contributed by atoms with E-state index < -0.39 is 5.97 Å². The number of aromatic carboxylic acids is 1. The number of nitrogens with zero attached hydrogens (tertiary/aromatic N) is 1. The summed E-state index contributed by atoms with van der Waals surface area (Å²) in [7, 11) is 0. The molecule has 0 saturated heterocycles. The van der Waals surface area contributed by atoms with E-state index in [0.717, 1.165) is 36.8 Å². The lowest BCUT2D eigenvalue weighted by atomic mass is 9.86. The fourth-order valence-corrected chi connectivity index (χ4v) is 2.85. The molecule has 0 bridgehead atoms. The summed E-state index contributed by atoms with van der Waals surface area (Å²) < 4.78 is 4.76. The van der Waals surface area contributed by atoms with Crippen molar-refractivity contribution in [2.75, 3.05) is 0 Å². The first-order valence-corrected chi connectivity index (χ1v) is 6.69. The maximum Gasteiger partial charge on any atom is 0.374 e. The number of aromatic hydroxyl groups is 1. The highest BCUT2D eigenvalue weighted by atomic mass is 35.5. The molecular weight excluding hydrogens is 282 g/mol. The zero-order valence-electron chi connectivity index (χ0n) is 10.5. The second-order valence-electron chi connectivity index (χ2n) is 4.81. The quantitative estimate of drug-likeness (QED) is 0.887. The zero-order chi connectivity index (χ0) is 14.3. The molecule has 0 amide bonds. The number of phenolic OH excluding ortho intramolecular Hbond substituents is 1. The van der Waals surface area contributed by atoms with Crippen molar-refractivity contribution in [2.24, 2.45) is 0 Å². The lowest BCUT2D eigenvalue weighted by molar-refractivity contribution is 0.0652. The number of carbonyl (C=O) groups is 1. The van der Waals surface area contributed by atoms with Crippen molar-refractivity contribution in [3.05, 3.63) is 34.0 Å². The Balaban J connectivity index is 2.20. The number of phenols is 1. The SMILES string of the molecule is O=C(O)c1cc(-c2c(O)c(Cl)cc3c2CCCC3)no1. The highest BCUT2D eigenvalue weighted by molar-refractivity contribution is 6.32. The summed E-state index contributed by atoms with van der Waals surface area (Å²) in [5, 5.41) is 23.1. The molecule has 1 aromatic carbocycles. The van der Waals surface area contributed by atoms with Gasteiger partial charge in [0.1, 0.15) is 11.4 Å². The van der Waals surface area contributed by atoms with Gasteiger partial charge < -0.3 is 14.7 Å². The summed E-state index contributed by atoms with van der Waals surface area (Å²) in [5.74, 6) is -1.53. The number of benzene rings is 1. The number of aryl methyl sites for hydroxylation is 1. The Kier molecular flexibility index (Phi) is 3.14. The Morgan fingerprint density at radius 2 is 2.05 bits per heavy atom. The first-order chi connectivity index (χ1) is 9.58. The topological polar surface area (TPSA) is 83.6 Å². The average Bonchev–Trinajstić information content (AvgIpc) is 2.90. The molecule has 104 valence electrons. The van der Waals surface area contributed by atoms with E-state index in [9.17, 15) is 9.90 Å². The third-order valence-corrected chi connectivity index (χ3v) is 3.84. The van der Waals surface area contributed by atoms with Gasteiger partial charge in [0, 0.05) is 6.07 Å². The lowest BCUT2D eigenvalue weighted by Crippen LogP contribution is -2.05. The van der Waals surface area contributed by atoms with Crippen molar-refractivity contribution in [2.45, 2.75) is 25.7 Å². The van der Waals surface area contributed by atoms with Crippen LogP contribution in [0.3, 0.4) is 0 Å². The van der Waals surface area contributed by atoms with Gasteiger partial charge in [-0.2, -0.15) is 0 Å². The van der Waals surface area contributed by atoms with Crippen LogP contribution >= 0.6 is 11.6 Å². The van der Waals surface area contributed by atoms with E-state index in [2.05, 4.69) is 5.16 Å². The fraction of sp³-hybridized carbons (Fsp3) is 0.286. The third kappa shape index (κ3) is 2.04. The molecule has 0 unspecified atom stereocenters. The van der Waals surface area contributed by atoms with Crippen LogP contribution in [-0.4, -0.2) is 21.3 Å². The van der Waals surface area contributed by atoms with Crippen molar-refractivity contribution in [3.63, 3.8) is 0 Å². The van der Waals surface area contributed by atoms with Crippen LogP contribution in [-0.2, 0) is 12.8 Å². The summed E-state index contributed by atoms with van der Waals surface area (Å²) >= 11 is 6.05. The molecule has 0 aliphatic heterocycles. The molecular formula is C14H12ClNO4. The molecule has 2 aromatic rings. The van der Waals surface area contributed by atoms with Gasteiger partial charge >= 0.3 is 5.97 Å². The number of hydrogen-bond acceptors (Lipinski definition) is 4. The van der Waals surface area contributed by atoms with Crippen molar-refractivity contribution < 1.29 is 19.5 Å². The number of halogens is 1. The maximum atomic E-state index is 10.9. The minimum Gasteiger partial charge on any atom is -0.506 e. The van der Waals surface area contributed by atoms with Gasteiger partial charge in [-0.05, 0) is 42.9 Å². The van der Waals surface area contributed by atoms with Gasteiger partial charge in [-0.1, -0.05) is 16.8 Å². The number of carboxylic acid groups (broad SMARTS) is 1. The Labute approximate surface area is 119 Å². The molecule has 0 fully saturated rings. The Morgan fingerprint density at radius 3 is 2.75 bits per heavy atom. The van der Waals surface area contributed by atoms with E-state index in [1.807, 2.05) is 0 Å². The van der Waals surface area contributed by atoms with Crippen molar-refractivity contribution in [1.82, 2.24) is 5.16 Å². The van der Waals surface area contributed by atoms with E-state index in [1.54, 1.807) is 6.07 Å². The van der Waals surface area contributed by atoms with Crippen LogP contribution in [0.5, 0.6) is 5.75 Å². The molecule has 5 nitrogen and oxygen atoms in total. The Hall–Kier alpha value is -2.01. The van der Waals surface area contributed by atoms with Crippen LogP contribution in [0.4, 0.5) is 0 Å². The first kappa shape index (κ1) is 13.0. The van der Waals surface area contributed by atoms with Gasteiger partial charge in [0.05, 0.1) is 10.6 Å². The summed E-state index contributed by atoms with van der Waals surface area (Å²) in [4.78, 5) is 10.9. The molecule has 6 heteroatoms. The molecule has 0 atom stereocenters. The highest BCUT2D eigenvalue weighted by Gasteiger charge is 2.23. The van der Waals surface area contributed by atoms with Crippen molar-refractivity contribution in [1.29, 1.82) is 0 Å². The van der Waals surface area contributed by atoms with E-state index in [4.69, 9.17) is 21.2 Å². The zero-order valence-corrected chi connectivity index (χ0v) is 11.3. The minimum absolute atomic E-state index is 0.0717. The molecule has 0 saturated carbocycles. The van der Waals surface area contributed by atoms with E-state index in [-0.39, 0.29) is 16.5 Å². The average molecular weight is 294 g/mol. The monoisotopic (exact) mass is 293 g/mol. The van der Waals surface area contributed by atoms with E-state index in [0.29, 0.717) is 11.3 Å². The van der Waals surface area contributed by atoms with Crippen LogP contribution in [0.2, 0.25) is 5.02 Å². The van der Waals surface area contributed by atoms with Gasteiger partial charge in [0.25, 0.3) is 0 Å². The summed E-state index contributed by atoms with van der Waals surface area (Å²) in [6.45, 7) is 0. The molecule has 1 heterocycles. The summed E-state index contributed by atoms with van der Waals surface area (Å²) in [6, 6.07) is 3.08. The standard InChI is InChI=1S/C14H12ClNO4/c15-9-5-7-3-1-2-4-8(7)12(13(9)17)10-6-11(14(18)19)20-16-10/h5-6,17H,1-4H2,(H,18,19). The van der Waals surface area contributed by atoms with Crippen LogP contribution in [0.25, 0.3) is 11.3 Å². The van der Waals surface area contributed by atoms with E-state index in [1.165, 1.54) is 6.07 Å². The number of carboxylic acids is 1. The van der Waals surface area contributed by atoms with Gasteiger partial charge in [-0.3, -0.25) is 0 Å². The van der Waals surface area contributed by atoms with Crippen LogP contribution in [0, 0.1) is 0 Å². The van der Waals surface area contributed by atoms with E-state index >= 15 is 0 Å². The summed E-state index contributed by atoms with van der Waals surface area (Å²) in [6.07, 6.45) is 3.80. The number of aromatic nitrogens is 1. The van der Waals surface area contributed by atoms with Gasteiger partial charge in [0.15, 0.2) is 0 Å². The molecule has 20 heavy (non-hydrogen) atoms. The predicted molar refractivity (Wildman–Crippen MR) is 72.2 cm³/mol. The molecule has 1 aliphatic carbocycles. The summed E-state index contributed by atoms with van der Waals surface area (Å²) in [5.41, 5.74) is 2.85. The van der Waals surface area contributed by atoms with Crippen molar-refractivity contribution >= 4 is 17.6 Å². The lowest BCUT2D eigenvalue weighted by Gasteiger charge is -2.20. The third-order valence-electron chi connectivity index (χ3n) is 3.55. The van der Waals surface area contributed by atoms with Crippen LogP contribution < -0.4 is 0 Å².